The third kappa shape index (κ3) is 10.5. The fourth-order valence-corrected chi connectivity index (χ4v) is 3.79. The van der Waals surface area contributed by atoms with Crippen molar-refractivity contribution in [2.45, 2.75) is 110 Å². The van der Waals surface area contributed by atoms with Gasteiger partial charge >= 0.3 is 0 Å². The minimum atomic E-state index is -1.48. The van der Waals surface area contributed by atoms with Crippen LogP contribution in [0, 0.1) is 0 Å². The highest BCUT2D eigenvalue weighted by atomic mass is 16.7. The molecular weight excluding hydrogens is 480 g/mol. The lowest BCUT2D eigenvalue weighted by atomic mass is 9.89. The van der Waals surface area contributed by atoms with E-state index in [4.69, 9.17) is 24.1 Å². The molecule has 0 aromatic heterocycles. The number of aliphatic hydroxyl groups is 5. The van der Waals surface area contributed by atoms with E-state index in [1.165, 1.54) is 28.1 Å². The van der Waals surface area contributed by atoms with E-state index in [1.807, 2.05) is 0 Å². The van der Waals surface area contributed by atoms with E-state index in [-0.39, 0.29) is 39.8 Å². The lowest BCUT2D eigenvalue weighted by Gasteiger charge is -2.46. The average molecular weight is 529 g/mol. The molecule has 0 spiro atoms. The molecule has 2 fully saturated rings. The number of hydrogen-bond donors (Lipinski definition) is 7. The number of methoxy groups -OCH3 is 2. The van der Waals surface area contributed by atoms with Gasteiger partial charge in [0.15, 0.2) is 11.6 Å². The molecule has 2 amide bonds. The van der Waals surface area contributed by atoms with Crippen molar-refractivity contribution in [3.63, 3.8) is 0 Å². The summed E-state index contributed by atoms with van der Waals surface area (Å²) in [4.78, 5) is 22.0. The second kappa shape index (κ2) is 15.7. The first-order valence-electron chi connectivity index (χ1n) is 11.0. The summed E-state index contributed by atoms with van der Waals surface area (Å²) in [6, 6.07) is -1.25. The first-order chi connectivity index (χ1) is 15.7. The topological polar surface area (TPSA) is 196 Å². The number of carbonyl (C=O) groups excluding carboxylic acids is 2. The summed E-state index contributed by atoms with van der Waals surface area (Å²) >= 11 is 0. The van der Waals surface area contributed by atoms with Crippen LogP contribution in [0.3, 0.4) is 0 Å². The maximum Gasteiger partial charge on any atom is 0.217 e. The third-order valence-corrected chi connectivity index (χ3v) is 5.89. The first-order valence-corrected chi connectivity index (χ1v) is 11.0. The van der Waals surface area contributed by atoms with Crippen LogP contribution in [0.2, 0.25) is 0 Å². The summed E-state index contributed by atoms with van der Waals surface area (Å²) in [6.45, 7) is 5.61. The smallest absolute Gasteiger partial charge is 0.217 e. The van der Waals surface area contributed by atoms with Crippen LogP contribution in [0.5, 0.6) is 0 Å². The van der Waals surface area contributed by atoms with Crippen LogP contribution in [-0.2, 0) is 28.5 Å². The van der Waals surface area contributed by atoms with Crippen molar-refractivity contribution >= 4 is 11.8 Å². The summed E-state index contributed by atoms with van der Waals surface area (Å²) in [5, 5.41) is 53.4. The van der Waals surface area contributed by atoms with Crippen molar-refractivity contribution in [2.75, 3.05) is 27.4 Å². The maximum absolute atomic E-state index is 11.2. The molecule has 2 heterocycles. The van der Waals surface area contributed by atoms with E-state index >= 15 is 0 Å². The number of hydrogen-bond acceptors (Lipinski definition) is 11. The molecule has 0 aromatic carbocycles. The summed E-state index contributed by atoms with van der Waals surface area (Å²) < 4.78 is 21.2. The highest BCUT2D eigenvalue weighted by Crippen LogP contribution is 2.32. The fraction of sp³-hybridized carbons (Fsp3) is 0.913. The lowest BCUT2D eigenvalue weighted by molar-refractivity contribution is -0.302. The van der Waals surface area contributed by atoms with E-state index in [0.29, 0.717) is 6.42 Å². The van der Waals surface area contributed by atoms with Gasteiger partial charge in [0.05, 0.1) is 37.5 Å². The summed E-state index contributed by atoms with van der Waals surface area (Å²) in [5.74, 6) is -2.48. The SMILES string of the molecule is C.C.COC1(C)CC(O)C(NC(C)=O)C(C(O)C(O)CO)O1.COC1(C)CC(O)C(NC(C)=O)CO1. The highest BCUT2D eigenvalue weighted by Gasteiger charge is 2.48. The Morgan fingerprint density at radius 3 is 1.89 bits per heavy atom. The Morgan fingerprint density at radius 1 is 0.972 bits per heavy atom. The Labute approximate surface area is 214 Å². The summed E-state index contributed by atoms with van der Waals surface area (Å²) in [5.41, 5.74) is 0. The van der Waals surface area contributed by atoms with Crippen LogP contribution in [0.4, 0.5) is 0 Å². The molecule has 2 saturated heterocycles. The molecule has 13 heteroatoms. The predicted molar refractivity (Wildman–Crippen MR) is 131 cm³/mol. The van der Waals surface area contributed by atoms with Crippen molar-refractivity contribution < 1.29 is 54.1 Å². The van der Waals surface area contributed by atoms with Crippen LogP contribution in [-0.4, -0.2) is 119 Å². The van der Waals surface area contributed by atoms with Crippen LogP contribution in [0.25, 0.3) is 0 Å². The Morgan fingerprint density at radius 2 is 1.47 bits per heavy atom. The molecule has 0 aromatic rings. The molecule has 7 N–H and O–H groups in total. The molecule has 2 rings (SSSR count). The van der Waals surface area contributed by atoms with Gasteiger partial charge in [-0.25, -0.2) is 0 Å². The van der Waals surface area contributed by atoms with E-state index < -0.39 is 60.6 Å². The predicted octanol–water partition coefficient (Wildman–Crippen LogP) is -1.38. The van der Waals surface area contributed by atoms with Crippen LogP contribution in [0.15, 0.2) is 0 Å². The van der Waals surface area contributed by atoms with E-state index in [9.17, 15) is 30.0 Å². The molecule has 2 aliphatic rings. The van der Waals surface area contributed by atoms with Crippen LogP contribution in [0.1, 0.15) is 55.4 Å². The zero-order valence-corrected chi connectivity index (χ0v) is 20.6. The van der Waals surface area contributed by atoms with Gasteiger partial charge in [0, 0.05) is 40.9 Å². The van der Waals surface area contributed by atoms with E-state index in [2.05, 4.69) is 10.6 Å². The van der Waals surface area contributed by atoms with Crippen LogP contribution >= 0.6 is 0 Å². The fourth-order valence-electron chi connectivity index (χ4n) is 3.79. The van der Waals surface area contributed by atoms with Gasteiger partial charge < -0.3 is 55.1 Å². The van der Waals surface area contributed by atoms with Gasteiger partial charge in [-0.3, -0.25) is 9.59 Å². The molecule has 13 nitrogen and oxygen atoms in total. The van der Waals surface area contributed by atoms with Crippen molar-refractivity contribution in [2.24, 2.45) is 0 Å². The second-order valence-electron chi connectivity index (χ2n) is 8.89. The summed E-state index contributed by atoms with van der Waals surface area (Å²) in [7, 11) is 2.92. The minimum Gasteiger partial charge on any atom is -0.394 e. The second-order valence-corrected chi connectivity index (χ2v) is 8.89. The molecule has 9 unspecified atom stereocenters. The van der Waals surface area contributed by atoms with Crippen molar-refractivity contribution in [3.8, 4) is 0 Å². The lowest BCUT2D eigenvalue weighted by Crippen LogP contribution is -2.65. The summed E-state index contributed by atoms with van der Waals surface area (Å²) in [6.07, 6.45) is -5.26. The molecule has 0 aliphatic carbocycles. The van der Waals surface area contributed by atoms with Gasteiger partial charge in [0.25, 0.3) is 0 Å². The Bertz CT molecular complexity index is 670. The number of carbonyl (C=O) groups is 2. The van der Waals surface area contributed by atoms with Crippen molar-refractivity contribution in [3.05, 3.63) is 0 Å². The van der Waals surface area contributed by atoms with Crippen molar-refractivity contribution in [1.82, 2.24) is 10.6 Å². The van der Waals surface area contributed by atoms with E-state index in [1.54, 1.807) is 13.8 Å². The molecule has 36 heavy (non-hydrogen) atoms. The third-order valence-electron chi connectivity index (χ3n) is 5.89. The van der Waals surface area contributed by atoms with Gasteiger partial charge in [-0.15, -0.1) is 0 Å². The minimum absolute atomic E-state index is 0. The zero-order valence-electron chi connectivity index (χ0n) is 20.6. The largest absolute Gasteiger partial charge is 0.394 e. The van der Waals surface area contributed by atoms with Gasteiger partial charge in [-0.2, -0.15) is 0 Å². The Hall–Kier alpha value is -1.42. The molecule has 0 radical (unpaired) electrons. The molecule has 0 saturated carbocycles. The Balaban J connectivity index is 0. The zero-order chi connectivity index (χ0) is 26.3. The average Bonchev–Trinajstić information content (AvgIpc) is 2.76. The molecule has 2 aliphatic heterocycles. The number of aliphatic hydroxyl groups excluding tert-OH is 5. The molecule has 9 atom stereocenters. The number of rotatable bonds is 7. The number of nitrogens with one attached hydrogen (secondary N) is 2. The van der Waals surface area contributed by atoms with Crippen molar-refractivity contribution in [1.29, 1.82) is 0 Å². The number of ether oxygens (including phenoxy) is 4. The highest BCUT2D eigenvalue weighted by molar-refractivity contribution is 5.73. The standard InChI is InChI=1S/C12H23NO7.C9H17NO4.2CH4/c1-6(15)13-9-7(16)4-12(2,19-3)20-11(9)10(18)8(17)5-14;1-6(11)10-7-5-14-9(2,13-3)4-8(7)12;;/h7-11,14,16-18H,4-5H2,1-3H3,(H,13,15);7-8,12H,4-5H2,1-3H3,(H,10,11);2*1H4. The molecule has 216 valence electrons. The monoisotopic (exact) mass is 528 g/mol. The quantitative estimate of drug-likeness (QED) is 0.206. The van der Waals surface area contributed by atoms with E-state index in [0.717, 1.165) is 0 Å². The van der Waals surface area contributed by atoms with Gasteiger partial charge in [0.2, 0.25) is 11.8 Å². The molecular formula is C23H48N2O11. The van der Waals surface area contributed by atoms with Gasteiger partial charge in [-0.05, 0) is 13.8 Å². The van der Waals surface area contributed by atoms with Crippen LogP contribution < -0.4 is 10.6 Å². The Kier molecular flexibility index (Phi) is 16.1. The van der Waals surface area contributed by atoms with Gasteiger partial charge in [-0.1, -0.05) is 14.9 Å². The number of amides is 2. The molecule has 0 bridgehead atoms. The first kappa shape index (κ1) is 36.7. The van der Waals surface area contributed by atoms with Gasteiger partial charge in [0.1, 0.15) is 18.3 Å². The normalized spacial score (nSPS) is 35.5. The maximum atomic E-state index is 11.2.